The molecule has 0 aliphatic rings. The largest absolute Gasteiger partial charge is 0.350 e. The lowest BCUT2D eigenvalue weighted by Crippen LogP contribution is -2.06. The number of aryl methyl sites for hydroxylation is 1. The molecule has 1 heterocycles. The number of rotatable bonds is 5. The third-order valence-electron chi connectivity index (χ3n) is 3.34. The van der Waals surface area contributed by atoms with E-state index in [4.69, 9.17) is 23.2 Å². The lowest BCUT2D eigenvalue weighted by molar-refractivity contribution is 1.03. The summed E-state index contributed by atoms with van der Waals surface area (Å²) in [4.78, 5) is 8.89. The SMILES string of the molecule is Cc1cc(Nc2ccc(Cl)cc2Cl)nc(NCc2ccccc2)n1. The average molecular weight is 359 g/mol. The molecule has 122 valence electrons. The second-order valence-electron chi connectivity index (χ2n) is 5.31. The summed E-state index contributed by atoms with van der Waals surface area (Å²) < 4.78 is 0. The summed E-state index contributed by atoms with van der Waals surface area (Å²) in [6, 6.07) is 17.2. The van der Waals surface area contributed by atoms with E-state index < -0.39 is 0 Å². The van der Waals surface area contributed by atoms with Gasteiger partial charge < -0.3 is 10.6 Å². The predicted molar refractivity (Wildman–Crippen MR) is 100 cm³/mol. The van der Waals surface area contributed by atoms with E-state index in [2.05, 4.69) is 32.7 Å². The van der Waals surface area contributed by atoms with Gasteiger partial charge in [-0.15, -0.1) is 0 Å². The van der Waals surface area contributed by atoms with E-state index >= 15 is 0 Å². The van der Waals surface area contributed by atoms with Crippen molar-refractivity contribution >= 4 is 40.7 Å². The van der Waals surface area contributed by atoms with Gasteiger partial charge in [0, 0.05) is 23.3 Å². The molecule has 24 heavy (non-hydrogen) atoms. The number of nitrogens with zero attached hydrogens (tertiary/aromatic N) is 2. The van der Waals surface area contributed by atoms with Crippen molar-refractivity contribution in [2.45, 2.75) is 13.5 Å². The number of anilines is 3. The molecule has 0 saturated heterocycles. The maximum Gasteiger partial charge on any atom is 0.225 e. The fourth-order valence-corrected chi connectivity index (χ4v) is 2.67. The highest BCUT2D eigenvalue weighted by Gasteiger charge is 2.06. The molecule has 0 unspecified atom stereocenters. The van der Waals surface area contributed by atoms with Crippen LogP contribution in [0, 0.1) is 6.92 Å². The van der Waals surface area contributed by atoms with Gasteiger partial charge in [0.15, 0.2) is 0 Å². The molecule has 2 aromatic carbocycles. The molecule has 0 atom stereocenters. The van der Waals surface area contributed by atoms with E-state index in [9.17, 15) is 0 Å². The van der Waals surface area contributed by atoms with Gasteiger partial charge in [0.1, 0.15) is 5.82 Å². The van der Waals surface area contributed by atoms with Crippen molar-refractivity contribution in [2.24, 2.45) is 0 Å². The maximum absolute atomic E-state index is 6.19. The summed E-state index contributed by atoms with van der Waals surface area (Å²) >= 11 is 12.1. The number of hydrogen-bond donors (Lipinski definition) is 2. The molecule has 0 radical (unpaired) electrons. The second-order valence-corrected chi connectivity index (χ2v) is 6.15. The van der Waals surface area contributed by atoms with Crippen LogP contribution >= 0.6 is 23.2 Å². The number of benzene rings is 2. The van der Waals surface area contributed by atoms with Crippen LogP contribution < -0.4 is 10.6 Å². The molecule has 6 heteroatoms. The smallest absolute Gasteiger partial charge is 0.225 e. The van der Waals surface area contributed by atoms with E-state index in [0.717, 1.165) is 16.9 Å². The van der Waals surface area contributed by atoms with E-state index in [1.807, 2.05) is 37.3 Å². The second kappa shape index (κ2) is 7.51. The molecule has 4 nitrogen and oxygen atoms in total. The zero-order valence-electron chi connectivity index (χ0n) is 13.1. The predicted octanol–water partition coefficient (Wildman–Crippen LogP) is 5.45. The van der Waals surface area contributed by atoms with Crippen LogP contribution in [-0.2, 0) is 6.54 Å². The first-order valence-electron chi connectivity index (χ1n) is 7.46. The Morgan fingerprint density at radius 1 is 0.958 bits per heavy atom. The Kier molecular flexibility index (Phi) is 5.18. The van der Waals surface area contributed by atoms with Crippen molar-refractivity contribution in [2.75, 3.05) is 10.6 Å². The minimum atomic E-state index is 0.539. The lowest BCUT2D eigenvalue weighted by Gasteiger charge is -2.11. The van der Waals surface area contributed by atoms with Crippen LogP contribution in [0.15, 0.2) is 54.6 Å². The highest BCUT2D eigenvalue weighted by molar-refractivity contribution is 6.36. The Hall–Kier alpha value is -2.30. The van der Waals surface area contributed by atoms with Gasteiger partial charge in [-0.2, -0.15) is 4.98 Å². The van der Waals surface area contributed by atoms with Crippen LogP contribution in [0.4, 0.5) is 17.5 Å². The van der Waals surface area contributed by atoms with Crippen molar-refractivity contribution < 1.29 is 0 Å². The Labute approximate surface area is 150 Å². The number of aromatic nitrogens is 2. The van der Waals surface area contributed by atoms with Crippen LogP contribution in [-0.4, -0.2) is 9.97 Å². The van der Waals surface area contributed by atoms with Crippen molar-refractivity contribution in [3.8, 4) is 0 Å². The minimum Gasteiger partial charge on any atom is -0.350 e. The maximum atomic E-state index is 6.19. The first kappa shape index (κ1) is 16.6. The molecule has 0 amide bonds. The number of nitrogens with one attached hydrogen (secondary N) is 2. The Morgan fingerprint density at radius 2 is 1.75 bits per heavy atom. The highest BCUT2D eigenvalue weighted by Crippen LogP contribution is 2.28. The van der Waals surface area contributed by atoms with Crippen LogP contribution in [0.5, 0.6) is 0 Å². The molecular formula is C18H16Cl2N4. The van der Waals surface area contributed by atoms with E-state index in [1.54, 1.807) is 12.1 Å². The molecule has 3 rings (SSSR count). The van der Waals surface area contributed by atoms with Crippen LogP contribution in [0.25, 0.3) is 0 Å². The van der Waals surface area contributed by atoms with Crippen LogP contribution in [0.1, 0.15) is 11.3 Å². The fraction of sp³-hybridized carbons (Fsp3) is 0.111. The molecular weight excluding hydrogens is 343 g/mol. The summed E-state index contributed by atoms with van der Waals surface area (Å²) in [7, 11) is 0. The van der Waals surface area contributed by atoms with Gasteiger partial charge in [-0.3, -0.25) is 0 Å². The van der Waals surface area contributed by atoms with E-state index in [-0.39, 0.29) is 0 Å². The van der Waals surface area contributed by atoms with E-state index in [1.165, 1.54) is 0 Å². The van der Waals surface area contributed by atoms with Crippen molar-refractivity contribution in [3.05, 3.63) is 75.9 Å². The van der Waals surface area contributed by atoms with Gasteiger partial charge in [0.2, 0.25) is 5.95 Å². The number of hydrogen-bond acceptors (Lipinski definition) is 4. The molecule has 0 spiro atoms. The zero-order chi connectivity index (χ0) is 16.9. The molecule has 2 N–H and O–H groups in total. The van der Waals surface area contributed by atoms with Gasteiger partial charge in [-0.05, 0) is 30.7 Å². The highest BCUT2D eigenvalue weighted by atomic mass is 35.5. The Balaban J connectivity index is 1.76. The van der Waals surface area contributed by atoms with Gasteiger partial charge in [0.05, 0.1) is 10.7 Å². The van der Waals surface area contributed by atoms with Crippen molar-refractivity contribution in [3.63, 3.8) is 0 Å². The fourth-order valence-electron chi connectivity index (χ4n) is 2.22. The van der Waals surface area contributed by atoms with Gasteiger partial charge in [-0.1, -0.05) is 53.5 Å². The van der Waals surface area contributed by atoms with Gasteiger partial charge in [-0.25, -0.2) is 4.98 Å². The normalized spacial score (nSPS) is 10.5. The zero-order valence-corrected chi connectivity index (χ0v) is 14.6. The molecule has 0 bridgehead atoms. The lowest BCUT2D eigenvalue weighted by atomic mass is 10.2. The Morgan fingerprint density at radius 3 is 2.50 bits per heavy atom. The summed E-state index contributed by atoms with van der Waals surface area (Å²) in [5.74, 6) is 1.23. The molecule has 0 aliphatic carbocycles. The first-order chi connectivity index (χ1) is 11.6. The number of halogens is 2. The minimum absolute atomic E-state index is 0.539. The monoisotopic (exact) mass is 358 g/mol. The summed E-state index contributed by atoms with van der Waals surface area (Å²) in [6.07, 6.45) is 0. The summed E-state index contributed by atoms with van der Waals surface area (Å²) in [6.45, 7) is 2.58. The third-order valence-corrected chi connectivity index (χ3v) is 3.89. The molecule has 0 saturated carbocycles. The standard InChI is InChI=1S/C18H16Cl2N4/c1-12-9-17(23-16-8-7-14(19)10-15(16)20)24-18(22-12)21-11-13-5-3-2-4-6-13/h2-10H,11H2,1H3,(H2,21,22,23,24). The van der Waals surface area contributed by atoms with Crippen molar-refractivity contribution in [1.82, 2.24) is 9.97 Å². The third kappa shape index (κ3) is 4.37. The molecule has 3 aromatic rings. The first-order valence-corrected chi connectivity index (χ1v) is 8.21. The molecule has 0 fully saturated rings. The quantitative estimate of drug-likeness (QED) is 0.636. The van der Waals surface area contributed by atoms with Gasteiger partial charge in [0.25, 0.3) is 0 Å². The van der Waals surface area contributed by atoms with Crippen LogP contribution in [0.2, 0.25) is 10.0 Å². The average Bonchev–Trinajstić information content (AvgIpc) is 2.56. The Bertz CT molecular complexity index is 838. The molecule has 1 aromatic heterocycles. The molecule has 0 aliphatic heterocycles. The van der Waals surface area contributed by atoms with Gasteiger partial charge >= 0.3 is 0 Å². The van der Waals surface area contributed by atoms with E-state index in [0.29, 0.717) is 28.4 Å². The summed E-state index contributed by atoms with van der Waals surface area (Å²) in [5.41, 5.74) is 2.76. The van der Waals surface area contributed by atoms with Crippen molar-refractivity contribution in [1.29, 1.82) is 0 Å². The topological polar surface area (TPSA) is 49.8 Å². The summed E-state index contributed by atoms with van der Waals surface area (Å²) in [5, 5.41) is 7.56. The van der Waals surface area contributed by atoms with Crippen LogP contribution in [0.3, 0.4) is 0 Å².